The standard InChI is InChI=1S/C25H38O4/c1-4-21(26)28-23(29-22(27)5-2)25-15-8-10-20(25)18-12-11-17-9-6-7-14-24(17,3)19(18)13-16-25/h8,15,17-20,23H,4-7,9-14,16H2,1-3H3/t17?,18-,19+,20+,24+,25-/m1/s1. The van der Waals surface area contributed by atoms with E-state index in [1.165, 1.54) is 38.5 Å². The van der Waals surface area contributed by atoms with Gasteiger partial charge in [-0.3, -0.25) is 9.59 Å². The van der Waals surface area contributed by atoms with Crippen LogP contribution in [0.3, 0.4) is 0 Å². The van der Waals surface area contributed by atoms with Crippen LogP contribution in [0.5, 0.6) is 0 Å². The smallest absolute Gasteiger partial charge is 0.308 e. The van der Waals surface area contributed by atoms with Crippen LogP contribution >= 0.6 is 0 Å². The molecule has 3 saturated carbocycles. The highest BCUT2D eigenvalue weighted by Gasteiger charge is 2.61. The minimum absolute atomic E-state index is 0.280. The van der Waals surface area contributed by atoms with Crippen molar-refractivity contribution in [3.05, 3.63) is 12.2 Å². The van der Waals surface area contributed by atoms with Gasteiger partial charge in [-0.2, -0.15) is 0 Å². The van der Waals surface area contributed by atoms with Crippen molar-refractivity contribution in [2.75, 3.05) is 0 Å². The third kappa shape index (κ3) is 3.45. The molecular weight excluding hydrogens is 364 g/mol. The summed E-state index contributed by atoms with van der Waals surface area (Å²) < 4.78 is 11.6. The number of fused-ring (bicyclic) bond motifs is 5. The molecule has 0 N–H and O–H groups in total. The minimum Gasteiger partial charge on any atom is -0.424 e. The van der Waals surface area contributed by atoms with E-state index in [-0.39, 0.29) is 17.4 Å². The fourth-order valence-electron chi connectivity index (χ4n) is 7.55. The van der Waals surface area contributed by atoms with E-state index in [2.05, 4.69) is 19.1 Å². The molecule has 4 nitrogen and oxygen atoms in total. The van der Waals surface area contributed by atoms with Crippen molar-refractivity contribution in [1.29, 1.82) is 0 Å². The molecule has 4 aliphatic carbocycles. The summed E-state index contributed by atoms with van der Waals surface area (Å²) in [5.41, 5.74) is 0.125. The Balaban J connectivity index is 1.62. The summed E-state index contributed by atoms with van der Waals surface area (Å²) in [5, 5.41) is 0. The molecule has 162 valence electrons. The first-order valence-electron chi connectivity index (χ1n) is 12.0. The normalized spacial score (nSPS) is 40.7. The van der Waals surface area contributed by atoms with E-state index in [9.17, 15) is 9.59 Å². The summed E-state index contributed by atoms with van der Waals surface area (Å²) in [6.07, 6.45) is 15.6. The number of rotatable bonds is 5. The molecule has 29 heavy (non-hydrogen) atoms. The zero-order chi connectivity index (χ0) is 20.6. The van der Waals surface area contributed by atoms with Crippen molar-refractivity contribution in [2.24, 2.45) is 34.5 Å². The first-order chi connectivity index (χ1) is 13.9. The molecule has 0 aromatic rings. The second kappa shape index (κ2) is 8.07. The van der Waals surface area contributed by atoms with Gasteiger partial charge in [-0.1, -0.05) is 45.8 Å². The third-order valence-corrected chi connectivity index (χ3v) is 9.07. The van der Waals surface area contributed by atoms with E-state index in [1.807, 2.05) is 0 Å². The zero-order valence-corrected chi connectivity index (χ0v) is 18.5. The molecule has 4 aliphatic rings. The summed E-state index contributed by atoms with van der Waals surface area (Å²) in [5.74, 6) is 2.13. The van der Waals surface area contributed by atoms with Crippen molar-refractivity contribution >= 4 is 11.9 Å². The van der Waals surface area contributed by atoms with Gasteiger partial charge in [0.2, 0.25) is 0 Å². The molecule has 3 fully saturated rings. The van der Waals surface area contributed by atoms with Crippen molar-refractivity contribution in [3.63, 3.8) is 0 Å². The number of carbonyl (C=O) groups excluding carboxylic acids is 2. The molecular formula is C25H38O4. The number of hydrogen-bond donors (Lipinski definition) is 0. The Hall–Kier alpha value is -1.32. The van der Waals surface area contributed by atoms with E-state index >= 15 is 0 Å². The van der Waals surface area contributed by atoms with E-state index in [4.69, 9.17) is 9.47 Å². The summed E-state index contributed by atoms with van der Waals surface area (Å²) >= 11 is 0. The Morgan fingerprint density at radius 1 is 0.966 bits per heavy atom. The lowest BCUT2D eigenvalue weighted by Gasteiger charge is -2.60. The molecule has 4 heteroatoms. The first kappa shape index (κ1) is 20.9. The van der Waals surface area contributed by atoms with Crippen LogP contribution in [0.1, 0.15) is 91.4 Å². The molecule has 4 rings (SSSR count). The van der Waals surface area contributed by atoms with Gasteiger partial charge in [0, 0.05) is 12.8 Å². The second-order valence-corrected chi connectivity index (χ2v) is 10.2. The Morgan fingerprint density at radius 2 is 1.69 bits per heavy atom. The third-order valence-electron chi connectivity index (χ3n) is 9.07. The van der Waals surface area contributed by atoms with Crippen molar-refractivity contribution < 1.29 is 19.1 Å². The topological polar surface area (TPSA) is 52.6 Å². The van der Waals surface area contributed by atoms with Crippen LogP contribution in [0, 0.1) is 34.5 Å². The number of esters is 2. The number of allylic oxidation sites excluding steroid dienone is 1. The zero-order valence-electron chi connectivity index (χ0n) is 18.5. The lowest BCUT2D eigenvalue weighted by Crippen LogP contribution is -2.56. The summed E-state index contributed by atoms with van der Waals surface area (Å²) in [6, 6.07) is 0. The van der Waals surface area contributed by atoms with Gasteiger partial charge in [0.15, 0.2) is 0 Å². The lowest BCUT2D eigenvalue weighted by atomic mass is 9.45. The fourth-order valence-corrected chi connectivity index (χ4v) is 7.55. The van der Waals surface area contributed by atoms with E-state index in [0.717, 1.165) is 31.1 Å². The van der Waals surface area contributed by atoms with Crippen LogP contribution in [-0.4, -0.2) is 18.2 Å². The summed E-state index contributed by atoms with van der Waals surface area (Å²) in [6.45, 7) is 6.15. The van der Waals surface area contributed by atoms with E-state index in [0.29, 0.717) is 30.1 Å². The van der Waals surface area contributed by atoms with Gasteiger partial charge < -0.3 is 9.47 Å². The maximum atomic E-state index is 12.2. The predicted molar refractivity (Wildman–Crippen MR) is 112 cm³/mol. The largest absolute Gasteiger partial charge is 0.424 e. The summed E-state index contributed by atoms with van der Waals surface area (Å²) in [4.78, 5) is 24.4. The van der Waals surface area contributed by atoms with Crippen LogP contribution in [0.25, 0.3) is 0 Å². The number of carbonyl (C=O) groups is 2. The van der Waals surface area contributed by atoms with Gasteiger partial charge >= 0.3 is 11.9 Å². The molecule has 1 unspecified atom stereocenters. The highest BCUT2D eigenvalue weighted by Crippen LogP contribution is 2.66. The Labute approximate surface area is 175 Å². The van der Waals surface area contributed by atoms with Gasteiger partial charge in [0.1, 0.15) is 0 Å². The SMILES string of the molecule is CCC(=O)OC(OC(=O)CC)[C@@]12C=CC[C@H]1[C@@H]1CCC3CCCC[C@]3(C)[C@H]1CC2. The average Bonchev–Trinajstić information content (AvgIpc) is 3.18. The number of ether oxygens (including phenoxy) is 2. The Kier molecular flexibility index (Phi) is 5.83. The summed E-state index contributed by atoms with van der Waals surface area (Å²) in [7, 11) is 0. The molecule has 0 radical (unpaired) electrons. The Morgan fingerprint density at radius 3 is 2.38 bits per heavy atom. The van der Waals surface area contributed by atoms with Crippen LogP contribution < -0.4 is 0 Å². The molecule has 0 aromatic heterocycles. The first-order valence-corrected chi connectivity index (χ1v) is 12.0. The molecule has 0 saturated heterocycles. The highest BCUT2D eigenvalue weighted by molar-refractivity contribution is 5.71. The van der Waals surface area contributed by atoms with Gasteiger partial charge in [0.25, 0.3) is 6.29 Å². The molecule has 6 atom stereocenters. The van der Waals surface area contributed by atoms with Crippen molar-refractivity contribution in [3.8, 4) is 0 Å². The molecule has 0 amide bonds. The van der Waals surface area contributed by atoms with Gasteiger partial charge in [0.05, 0.1) is 5.41 Å². The van der Waals surface area contributed by atoms with Crippen molar-refractivity contribution in [2.45, 2.75) is 97.7 Å². The maximum Gasteiger partial charge on any atom is 0.308 e. The second-order valence-electron chi connectivity index (χ2n) is 10.2. The maximum absolute atomic E-state index is 12.2. The van der Waals surface area contributed by atoms with Gasteiger partial charge in [-0.25, -0.2) is 0 Å². The average molecular weight is 403 g/mol. The van der Waals surface area contributed by atoms with Gasteiger partial charge in [-0.05, 0) is 74.0 Å². The van der Waals surface area contributed by atoms with E-state index in [1.54, 1.807) is 13.8 Å². The van der Waals surface area contributed by atoms with Crippen LogP contribution in [0.4, 0.5) is 0 Å². The fraction of sp³-hybridized carbons (Fsp3) is 0.840. The van der Waals surface area contributed by atoms with E-state index < -0.39 is 6.29 Å². The predicted octanol–water partition coefficient (Wildman–Crippen LogP) is 5.80. The highest BCUT2D eigenvalue weighted by atomic mass is 16.7. The minimum atomic E-state index is -0.774. The van der Waals surface area contributed by atoms with Crippen LogP contribution in [0.2, 0.25) is 0 Å². The molecule has 0 heterocycles. The van der Waals surface area contributed by atoms with Crippen LogP contribution in [-0.2, 0) is 19.1 Å². The molecule has 0 aromatic carbocycles. The van der Waals surface area contributed by atoms with Gasteiger partial charge in [-0.15, -0.1) is 0 Å². The molecule has 0 bridgehead atoms. The lowest BCUT2D eigenvalue weighted by molar-refractivity contribution is -0.228. The molecule has 0 aliphatic heterocycles. The Bertz CT molecular complexity index is 652. The monoisotopic (exact) mass is 402 g/mol. The van der Waals surface area contributed by atoms with Crippen LogP contribution in [0.15, 0.2) is 12.2 Å². The molecule has 0 spiro atoms. The quantitative estimate of drug-likeness (QED) is 0.331. The van der Waals surface area contributed by atoms with Crippen molar-refractivity contribution in [1.82, 2.24) is 0 Å². The number of hydrogen-bond acceptors (Lipinski definition) is 4.